The van der Waals surface area contributed by atoms with Gasteiger partial charge in [0.15, 0.2) is 0 Å². The predicted molar refractivity (Wildman–Crippen MR) is 71.9 cm³/mol. The fourth-order valence-electron chi connectivity index (χ4n) is 3.35. The summed E-state index contributed by atoms with van der Waals surface area (Å²) in [5.41, 5.74) is 4.90. The molecule has 2 aliphatic rings. The van der Waals surface area contributed by atoms with Gasteiger partial charge in [-0.3, -0.25) is 0 Å². The van der Waals surface area contributed by atoms with Crippen molar-refractivity contribution < 1.29 is 0 Å². The molecule has 0 radical (unpaired) electrons. The first-order valence-electron chi connectivity index (χ1n) is 6.86. The molecule has 1 nitrogen and oxygen atoms in total. The minimum Gasteiger partial charge on any atom is -0.303 e. The van der Waals surface area contributed by atoms with Crippen LogP contribution >= 0.6 is 0 Å². The minimum absolute atomic E-state index is 0.531. The van der Waals surface area contributed by atoms with Crippen LogP contribution in [0.4, 0.5) is 0 Å². The van der Waals surface area contributed by atoms with Crippen molar-refractivity contribution in [2.24, 2.45) is 0 Å². The molecule has 3 rings (SSSR count). The Morgan fingerprint density at radius 1 is 1.06 bits per heavy atom. The van der Waals surface area contributed by atoms with E-state index >= 15 is 0 Å². The van der Waals surface area contributed by atoms with Gasteiger partial charge >= 0.3 is 0 Å². The predicted octanol–water partition coefficient (Wildman–Crippen LogP) is 3.98. The molecule has 1 N–H and O–H groups in total. The van der Waals surface area contributed by atoms with E-state index < -0.39 is 0 Å². The maximum absolute atomic E-state index is 3.77. The van der Waals surface area contributed by atoms with Crippen LogP contribution in [0.5, 0.6) is 0 Å². The lowest BCUT2D eigenvalue weighted by Crippen LogP contribution is -2.37. The zero-order valence-electron chi connectivity index (χ0n) is 10.6. The van der Waals surface area contributed by atoms with Crippen LogP contribution in [0, 0.1) is 0 Å². The van der Waals surface area contributed by atoms with Crippen LogP contribution in [-0.2, 0) is 0 Å². The molecule has 0 amide bonds. The fraction of sp³-hybridized carbons (Fsp3) is 0.500. The summed E-state index contributed by atoms with van der Waals surface area (Å²) in [5.74, 6) is 0. The molecule has 0 fully saturated rings. The zero-order chi connectivity index (χ0) is 11.7. The van der Waals surface area contributed by atoms with E-state index in [1.807, 2.05) is 0 Å². The van der Waals surface area contributed by atoms with Gasteiger partial charge in [-0.05, 0) is 44.6 Å². The van der Waals surface area contributed by atoms with E-state index in [9.17, 15) is 0 Å². The van der Waals surface area contributed by atoms with Gasteiger partial charge in [0, 0.05) is 12.1 Å². The van der Waals surface area contributed by atoms with Crippen molar-refractivity contribution in [2.45, 2.75) is 51.1 Å². The van der Waals surface area contributed by atoms with Crippen LogP contribution in [0.3, 0.4) is 0 Å². The largest absolute Gasteiger partial charge is 0.303 e. The average Bonchev–Trinajstić information content (AvgIpc) is 2.40. The highest BCUT2D eigenvalue weighted by molar-refractivity contribution is 5.30. The summed E-state index contributed by atoms with van der Waals surface area (Å²) < 4.78 is 0. The van der Waals surface area contributed by atoms with Crippen LogP contribution in [-0.4, -0.2) is 6.04 Å². The van der Waals surface area contributed by atoms with Crippen molar-refractivity contribution in [1.29, 1.82) is 0 Å². The second-order valence-corrected chi connectivity index (χ2v) is 5.39. The van der Waals surface area contributed by atoms with Crippen molar-refractivity contribution in [3.8, 4) is 0 Å². The third-order valence-electron chi connectivity index (χ3n) is 4.26. The van der Waals surface area contributed by atoms with Crippen molar-refractivity contribution in [1.82, 2.24) is 5.32 Å². The third-order valence-corrected chi connectivity index (χ3v) is 4.26. The fourth-order valence-corrected chi connectivity index (χ4v) is 3.35. The van der Waals surface area contributed by atoms with E-state index in [0.717, 1.165) is 0 Å². The van der Waals surface area contributed by atoms with E-state index in [4.69, 9.17) is 0 Å². The quantitative estimate of drug-likeness (QED) is 0.716. The molecule has 1 aliphatic carbocycles. The Labute approximate surface area is 104 Å². The van der Waals surface area contributed by atoms with Crippen molar-refractivity contribution in [2.75, 3.05) is 0 Å². The summed E-state index contributed by atoms with van der Waals surface area (Å²) in [4.78, 5) is 0. The maximum Gasteiger partial charge on any atom is 0.0362 e. The Morgan fingerprint density at radius 2 is 1.82 bits per heavy atom. The Morgan fingerprint density at radius 3 is 2.65 bits per heavy atom. The van der Waals surface area contributed by atoms with Crippen molar-refractivity contribution >= 4 is 0 Å². The molecule has 1 heterocycles. The summed E-state index contributed by atoms with van der Waals surface area (Å²) in [5, 5.41) is 3.77. The van der Waals surface area contributed by atoms with Gasteiger partial charge in [0.25, 0.3) is 0 Å². The van der Waals surface area contributed by atoms with E-state index in [-0.39, 0.29) is 0 Å². The molecule has 1 aromatic carbocycles. The highest BCUT2D eigenvalue weighted by atomic mass is 15.0. The summed E-state index contributed by atoms with van der Waals surface area (Å²) in [7, 11) is 0. The molecule has 2 atom stereocenters. The maximum atomic E-state index is 3.77. The van der Waals surface area contributed by atoms with Gasteiger partial charge in [0.05, 0.1) is 0 Å². The van der Waals surface area contributed by atoms with Crippen LogP contribution in [0.25, 0.3) is 0 Å². The highest BCUT2D eigenvalue weighted by Crippen LogP contribution is 2.37. The molecule has 1 aromatic rings. The molecule has 17 heavy (non-hydrogen) atoms. The Kier molecular flexibility index (Phi) is 3.02. The van der Waals surface area contributed by atoms with Gasteiger partial charge in [0.2, 0.25) is 0 Å². The van der Waals surface area contributed by atoms with E-state index in [1.165, 1.54) is 37.7 Å². The first kappa shape index (κ1) is 11.0. The smallest absolute Gasteiger partial charge is 0.0362 e. The third kappa shape index (κ3) is 2.16. The zero-order valence-corrected chi connectivity index (χ0v) is 10.6. The Balaban J connectivity index is 1.86. The van der Waals surface area contributed by atoms with Crippen LogP contribution < -0.4 is 5.32 Å². The Hall–Kier alpha value is -1.08. The molecular formula is C16H21N. The second-order valence-electron chi connectivity index (χ2n) is 5.39. The minimum atomic E-state index is 0.531. The topological polar surface area (TPSA) is 12.0 Å². The van der Waals surface area contributed by atoms with E-state index in [2.05, 4.69) is 42.6 Å². The lowest BCUT2D eigenvalue weighted by molar-refractivity contribution is 0.416. The van der Waals surface area contributed by atoms with Crippen LogP contribution in [0.2, 0.25) is 0 Å². The van der Waals surface area contributed by atoms with Gasteiger partial charge in [-0.15, -0.1) is 0 Å². The van der Waals surface area contributed by atoms with Gasteiger partial charge in [0.1, 0.15) is 0 Å². The number of benzene rings is 1. The molecule has 1 aliphatic heterocycles. The normalized spacial score (nSPS) is 29.0. The van der Waals surface area contributed by atoms with Gasteiger partial charge in [-0.1, -0.05) is 41.5 Å². The monoisotopic (exact) mass is 227 g/mol. The molecule has 90 valence electrons. The molecule has 0 bridgehead atoms. The van der Waals surface area contributed by atoms with E-state index in [0.29, 0.717) is 12.1 Å². The van der Waals surface area contributed by atoms with Gasteiger partial charge in [-0.25, -0.2) is 0 Å². The highest BCUT2D eigenvalue weighted by Gasteiger charge is 2.27. The van der Waals surface area contributed by atoms with Gasteiger partial charge < -0.3 is 5.32 Å². The molecule has 0 unspecified atom stereocenters. The molecule has 0 spiro atoms. The summed E-state index contributed by atoms with van der Waals surface area (Å²) in [6.07, 6.45) is 6.67. The first-order chi connectivity index (χ1) is 8.34. The summed E-state index contributed by atoms with van der Waals surface area (Å²) in [6, 6.07) is 12.0. The summed E-state index contributed by atoms with van der Waals surface area (Å²) >= 11 is 0. The van der Waals surface area contributed by atoms with Crippen molar-refractivity contribution in [3.05, 3.63) is 47.0 Å². The summed E-state index contributed by atoms with van der Waals surface area (Å²) in [6.45, 7) is 2.33. The number of hydrogen-bond donors (Lipinski definition) is 1. The molecular weight excluding hydrogens is 206 g/mol. The second kappa shape index (κ2) is 4.66. The standard InChI is InChI=1S/C16H21N/c1-12-15-10-6-5-9-14(15)11-16(17-12)13-7-3-2-4-8-13/h2-4,7-8,12,16-17H,5-6,9-11H2,1H3/t12-,16+/m1/s1. The molecule has 0 saturated heterocycles. The first-order valence-corrected chi connectivity index (χ1v) is 6.86. The molecule has 1 heteroatoms. The number of hydrogen-bond acceptors (Lipinski definition) is 1. The van der Waals surface area contributed by atoms with Gasteiger partial charge in [-0.2, -0.15) is 0 Å². The van der Waals surface area contributed by atoms with Crippen LogP contribution in [0.15, 0.2) is 41.5 Å². The lowest BCUT2D eigenvalue weighted by atomic mass is 9.80. The van der Waals surface area contributed by atoms with Crippen LogP contribution in [0.1, 0.15) is 50.6 Å². The molecule has 0 saturated carbocycles. The molecule has 0 aromatic heterocycles. The number of nitrogens with one attached hydrogen (secondary N) is 1. The number of rotatable bonds is 1. The Bertz CT molecular complexity index is 418. The van der Waals surface area contributed by atoms with Crippen molar-refractivity contribution in [3.63, 3.8) is 0 Å². The lowest BCUT2D eigenvalue weighted by Gasteiger charge is -2.36. The van der Waals surface area contributed by atoms with E-state index in [1.54, 1.807) is 11.1 Å². The SMILES string of the molecule is C[C@H]1N[C@H](c2ccccc2)CC2=C1CCCC2. The average molecular weight is 227 g/mol.